The molecule has 7 nitrogen and oxygen atoms in total. The lowest BCUT2D eigenvalue weighted by molar-refractivity contribution is 0.206. The van der Waals surface area contributed by atoms with Crippen molar-refractivity contribution in [1.82, 2.24) is 24.8 Å². The zero-order valence-corrected chi connectivity index (χ0v) is 14.8. The number of aromatic nitrogens is 3. The molecule has 1 aromatic carbocycles. The first-order valence-corrected chi connectivity index (χ1v) is 8.21. The van der Waals surface area contributed by atoms with Gasteiger partial charge in [0.25, 0.3) is 0 Å². The lowest BCUT2D eigenvalue weighted by atomic mass is 10.2. The first-order chi connectivity index (χ1) is 12.7. The summed E-state index contributed by atoms with van der Waals surface area (Å²) >= 11 is 0. The van der Waals surface area contributed by atoms with Crippen LogP contribution in [0.1, 0.15) is 11.1 Å². The third-order valence-electron chi connectivity index (χ3n) is 3.97. The van der Waals surface area contributed by atoms with Crippen LogP contribution in [0.5, 0.6) is 5.75 Å². The van der Waals surface area contributed by atoms with E-state index >= 15 is 0 Å². The Hall–Kier alpha value is -3.35. The molecule has 134 valence electrons. The van der Waals surface area contributed by atoms with E-state index in [2.05, 4.69) is 15.3 Å². The molecule has 1 N–H and O–H groups in total. The Morgan fingerprint density at radius 2 is 2.04 bits per heavy atom. The summed E-state index contributed by atoms with van der Waals surface area (Å²) in [7, 11) is 3.39. The van der Waals surface area contributed by atoms with E-state index in [9.17, 15) is 4.79 Å². The van der Waals surface area contributed by atoms with Crippen LogP contribution < -0.4 is 10.1 Å². The average molecular weight is 351 g/mol. The third kappa shape index (κ3) is 4.18. The van der Waals surface area contributed by atoms with Crippen LogP contribution in [-0.2, 0) is 13.1 Å². The molecule has 3 rings (SSSR count). The van der Waals surface area contributed by atoms with Gasteiger partial charge >= 0.3 is 6.03 Å². The number of imidazole rings is 1. The normalized spacial score (nSPS) is 10.4. The predicted octanol–water partition coefficient (Wildman–Crippen LogP) is 2.62. The number of urea groups is 1. The van der Waals surface area contributed by atoms with E-state index in [4.69, 9.17) is 4.74 Å². The van der Waals surface area contributed by atoms with Gasteiger partial charge in [-0.15, -0.1) is 0 Å². The molecule has 0 aliphatic carbocycles. The minimum atomic E-state index is -0.152. The summed E-state index contributed by atoms with van der Waals surface area (Å²) in [5.41, 5.74) is 1.95. The summed E-state index contributed by atoms with van der Waals surface area (Å²) < 4.78 is 6.97. The summed E-state index contributed by atoms with van der Waals surface area (Å²) in [6, 6.07) is 11.3. The standard InChI is InChI=1S/C19H21N5O2/c1-23(13-15-5-7-17(26-2)8-6-15)19(25)22-12-16-4-3-9-21-18(16)24-11-10-20-14-24/h3-11,14H,12-13H2,1-2H3,(H,22,25). The molecule has 0 spiro atoms. The van der Waals surface area contributed by atoms with Crippen molar-refractivity contribution in [3.8, 4) is 11.6 Å². The Morgan fingerprint density at radius 3 is 2.73 bits per heavy atom. The van der Waals surface area contributed by atoms with Crippen molar-refractivity contribution >= 4 is 6.03 Å². The van der Waals surface area contributed by atoms with Crippen LogP contribution in [0.3, 0.4) is 0 Å². The molecule has 0 atom stereocenters. The lowest BCUT2D eigenvalue weighted by Crippen LogP contribution is -2.36. The van der Waals surface area contributed by atoms with Crippen molar-refractivity contribution in [1.29, 1.82) is 0 Å². The van der Waals surface area contributed by atoms with Gasteiger partial charge in [0.2, 0.25) is 0 Å². The van der Waals surface area contributed by atoms with Gasteiger partial charge in [0.05, 0.1) is 7.11 Å². The first kappa shape index (κ1) is 17.5. The minimum absolute atomic E-state index is 0.152. The zero-order chi connectivity index (χ0) is 18.4. The maximum atomic E-state index is 12.4. The molecule has 2 amide bonds. The van der Waals surface area contributed by atoms with Crippen LogP contribution in [0.2, 0.25) is 0 Å². The first-order valence-electron chi connectivity index (χ1n) is 8.21. The molecule has 0 aliphatic heterocycles. The van der Waals surface area contributed by atoms with Gasteiger partial charge in [-0.25, -0.2) is 14.8 Å². The Balaban J connectivity index is 1.60. The number of carbonyl (C=O) groups is 1. The van der Waals surface area contributed by atoms with E-state index in [1.807, 2.05) is 47.2 Å². The van der Waals surface area contributed by atoms with Crippen molar-refractivity contribution in [3.05, 3.63) is 72.4 Å². The van der Waals surface area contributed by atoms with Crippen molar-refractivity contribution in [2.45, 2.75) is 13.1 Å². The van der Waals surface area contributed by atoms with Gasteiger partial charge in [0.15, 0.2) is 0 Å². The summed E-state index contributed by atoms with van der Waals surface area (Å²) in [5.74, 6) is 1.55. The Morgan fingerprint density at radius 1 is 1.23 bits per heavy atom. The van der Waals surface area contributed by atoms with E-state index in [0.717, 1.165) is 22.7 Å². The lowest BCUT2D eigenvalue weighted by Gasteiger charge is -2.19. The van der Waals surface area contributed by atoms with E-state index in [0.29, 0.717) is 13.1 Å². The number of amides is 2. The van der Waals surface area contributed by atoms with Crippen molar-refractivity contribution in [2.24, 2.45) is 0 Å². The molecular formula is C19H21N5O2. The van der Waals surface area contributed by atoms with E-state index in [1.54, 1.807) is 37.8 Å². The summed E-state index contributed by atoms with van der Waals surface area (Å²) in [5, 5.41) is 2.93. The van der Waals surface area contributed by atoms with Crippen LogP contribution in [-0.4, -0.2) is 39.6 Å². The fourth-order valence-corrected chi connectivity index (χ4v) is 2.57. The molecule has 7 heteroatoms. The number of ether oxygens (including phenoxy) is 1. The number of carbonyl (C=O) groups excluding carboxylic acids is 1. The molecule has 2 aromatic heterocycles. The van der Waals surface area contributed by atoms with Crippen molar-refractivity contribution in [2.75, 3.05) is 14.2 Å². The summed E-state index contributed by atoms with van der Waals surface area (Å²) in [4.78, 5) is 22.4. The fraction of sp³-hybridized carbons (Fsp3) is 0.211. The largest absolute Gasteiger partial charge is 0.497 e. The number of nitrogens with one attached hydrogen (secondary N) is 1. The number of nitrogens with zero attached hydrogens (tertiary/aromatic N) is 4. The van der Waals surface area contributed by atoms with E-state index < -0.39 is 0 Å². The number of pyridine rings is 1. The van der Waals surface area contributed by atoms with Gasteiger partial charge in [-0.05, 0) is 23.8 Å². The van der Waals surface area contributed by atoms with Gasteiger partial charge in [0, 0.05) is 44.3 Å². The molecule has 0 radical (unpaired) electrons. The van der Waals surface area contributed by atoms with E-state index in [-0.39, 0.29) is 6.03 Å². The zero-order valence-electron chi connectivity index (χ0n) is 14.8. The molecule has 0 aliphatic rings. The van der Waals surface area contributed by atoms with Crippen molar-refractivity contribution in [3.63, 3.8) is 0 Å². The summed E-state index contributed by atoms with van der Waals surface area (Å²) in [6.45, 7) is 0.893. The highest BCUT2D eigenvalue weighted by Gasteiger charge is 2.11. The van der Waals surface area contributed by atoms with Crippen LogP contribution in [0, 0.1) is 0 Å². The molecule has 26 heavy (non-hydrogen) atoms. The van der Waals surface area contributed by atoms with Gasteiger partial charge in [-0.3, -0.25) is 4.57 Å². The smallest absolute Gasteiger partial charge is 0.317 e. The predicted molar refractivity (Wildman–Crippen MR) is 98.1 cm³/mol. The second-order valence-electron chi connectivity index (χ2n) is 5.82. The Labute approximate surface area is 152 Å². The molecule has 2 heterocycles. The van der Waals surface area contributed by atoms with Crippen LogP contribution in [0.4, 0.5) is 4.79 Å². The Kier molecular flexibility index (Phi) is 5.48. The molecule has 0 saturated carbocycles. The van der Waals surface area contributed by atoms with Gasteiger partial charge in [-0.1, -0.05) is 18.2 Å². The highest BCUT2D eigenvalue weighted by molar-refractivity contribution is 5.74. The van der Waals surface area contributed by atoms with E-state index in [1.165, 1.54) is 0 Å². The molecule has 0 unspecified atom stereocenters. The Bertz CT molecular complexity index is 847. The molecule has 0 fully saturated rings. The van der Waals surface area contributed by atoms with Crippen LogP contribution in [0.25, 0.3) is 5.82 Å². The molecule has 3 aromatic rings. The number of rotatable bonds is 6. The van der Waals surface area contributed by atoms with Gasteiger partial charge in [-0.2, -0.15) is 0 Å². The maximum Gasteiger partial charge on any atom is 0.317 e. The molecule has 0 saturated heterocycles. The number of benzene rings is 1. The van der Waals surface area contributed by atoms with Crippen LogP contribution in [0.15, 0.2) is 61.3 Å². The summed E-state index contributed by atoms with van der Waals surface area (Å²) in [6.07, 6.45) is 6.92. The van der Waals surface area contributed by atoms with Gasteiger partial charge in [0.1, 0.15) is 17.9 Å². The quantitative estimate of drug-likeness (QED) is 0.741. The van der Waals surface area contributed by atoms with Gasteiger partial charge < -0.3 is 15.0 Å². The average Bonchev–Trinajstić information content (AvgIpc) is 3.21. The highest BCUT2D eigenvalue weighted by Crippen LogP contribution is 2.13. The number of hydrogen-bond donors (Lipinski definition) is 1. The maximum absolute atomic E-state index is 12.4. The van der Waals surface area contributed by atoms with Crippen LogP contribution >= 0.6 is 0 Å². The second-order valence-corrected chi connectivity index (χ2v) is 5.82. The topological polar surface area (TPSA) is 72.3 Å². The molecular weight excluding hydrogens is 330 g/mol. The third-order valence-corrected chi connectivity index (χ3v) is 3.97. The highest BCUT2D eigenvalue weighted by atomic mass is 16.5. The monoisotopic (exact) mass is 351 g/mol. The van der Waals surface area contributed by atoms with Crippen molar-refractivity contribution < 1.29 is 9.53 Å². The SMILES string of the molecule is COc1ccc(CN(C)C(=O)NCc2cccnc2-n2ccnc2)cc1. The minimum Gasteiger partial charge on any atom is -0.497 e. The fourth-order valence-electron chi connectivity index (χ4n) is 2.57. The number of methoxy groups -OCH3 is 1. The number of hydrogen-bond acceptors (Lipinski definition) is 4. The molecule has 0 bridgehead atoms. The second kappa shape index (κ2) is 8.15.